The number of aliphatic carboxylic acids is 1. The van der Waals surface area contributed by atoms with Gasteiger partial charge in [-0.3, -0.25) is 4.79 Å². The van der Waals surface area contributed by atoms with Crippen LogP contribution in [0.5, 0.6) is 0 Å². The molecule has 0 radical (unpaired) electrons. The molecule has 2 aromatic carbocycles. The topological polar surface area (TPSA) is 72.8 Å². The number of rotatable bonds is 12. The molecule has 0 unspecified atom stereocenters. The second kappa shape index (κ2) is 11.4. The van der Waals surface area contributed by atoms with Gasteiger partial charge in [-0.25, -0.2) is 4.79 Å². The largest absolute Gasteiger partial charge is 0.508 e. The van der Waals surface area contributed by atoms with Gasteiger partial charge in [-0.15, -0.1) is 0 Å². The fourth-order valence-corrected chi connectivity index (χ4v) is 4.05. The Labute approximate surface area is 178 Å². The number of hydrogen-bond donors (Lipinski definition) is 1. The molecule has 1 aliphatic rings. The van der Waals surface area contributed by atoms with Crippen molar-refractivity contribution >= 4 is 12.1 Å². The van der Waals surface area contributed by atoms with E-state index in [1.54, 1.807) is 0 Å². The molecular weight excluding hydrogens is 380 g/mol. The second-order valence-corrected chi connectivity index (χ2v) is 7.76. The number of hydrogen-bond acceptors (Lipinski definition) is 4. The molecular formula is C25H30O5. The summed E-state index contributed by atoms with van der Waals surface area (Å²) in [6.07, 6.45) is 6.39. The predicted molar refractivity (Wildman–Crippen MR) is 116 cm³/mol. The Bertz CT molecular complexity index is 799. The van der Waals surface area contributed by atoms with Crippen molar-refractivity contribution in [2.45, 2.75) is 57.3 Å². The number of fused-ring (bicyclic) bond motifs is 3. The summed E-state index contributed by atoms with van der Waals surface area (Å²) in [5.41, 5.74) is 4.79. The highest BCUT2D eigenvalue weighted by Crippen LogP contribution is 2.44. The van der Waals surface area contributed by atoms with Gasteiger partial charge in [-0.05, 0) is 35.1 Å². The monoisotopic (exact) mass is 410 g/mol. The van der Waals surface area contributed by atoms with E-state index in [-0.39, 0.29) is 18.9 Å². The number of ether oxygens (including phenoxy) is 2. The number of carbonyl (C=O) groups is 2. The highest BCUT2D eigenvalue weighted by molar-refractivity contribution is 5.78. The van der Waals surface area contributed by atoms with Gasteiger partial charge in [0.25, 0.3) is 0 Å². The van der Waals surface area contributed by atoms with Crippen molar-refractivity contribution in [3.8, 4) is 11.1 Å². The van der Waals surface area contributed by atoms with Crippen LogP contribution < -0.4 is 0 Å². The van der Waals surface area contributed by atoms with Crippen LogP contribution in [-0.2, 0) is 14.3 Å². The average Bonchev–Trinajstić information content (AvgIpc) is 3.07. The molecule has 5 nitrogen and oxygen atoms in total. The van der Waals surface area contributed by atoms with Gasteiger partial charge in [0.2, 0.25) is 0 Å². The van der Waals surface area contributed by atoms with E-state index in [1.807, 2.05) is 24.3 Å². The van der Waals surface area contributed by atoms with E-state index in [4.69, 9.17) is 14.6 Å². The van der Waals surface area contributed by atoms with E-state index in [2.05, 4.69) is 24.3 Å². The SMILES string of the molecule is O=C(O)CCCCCCCCCOC(=O)OCC1c2ccccc2-c2ccccc21. The first-order valence-electron chi connectivity index (χ1n) is 10.9. The number of carboxylic acids is 1. The van der Waals surface area contributed by atoms with E-state index in [1.165, 1.54) is 22.3 Å². The summed E-state index contributed by atoms with van der Waals surface area (Å²) in [6, 6.07) is 16.5. The zero-order valence-corrected chi connectivity index (χ0v) is 17.3. The van der Waals surface area contributed by atoms with Crippen molar-refractivity contribution in [2.24, 2.45) is 0 Å². The van der Waals surface area contributed by atoms with Crippen LogP contribution in [0, 0.1) is 0 Å². The van der Waals surface area contributed by atoms with E-state index in [0.717, 1.165) is 44.9 Å². The molecule has 1 N–H and O–H groups in total. The molecule has 0 saturated carbocycles. The van der Waals surface area contributed by atoms with Gasteiger partial charge in [0, 0.05) is 12.3 Å². The number of unbranched alkanes of at least 4 members (excludes halogenated alkanes) is 6. The van der Waals surface area contributed by atoms with Crippen LogP contribution in [0.15, 0.2) is 48.5 Å². The normalized spacial score (nSPS) is 12.3. The molecule has 5 heteroatoms. The summed E-state index contributed by atoms with van der Waals surface area (Å²) in [4.78, 5) is 22.4. The Balaban J connectivity index is 1.31. The first kappa shape index (κ1) is 21.9. The molecule has 2 aromatic rings. The molecule has 0 amide bonds. The molecule has 0 atom stereocenters. The van der Waals surface area contributed by atoms with E-state index < -0.39 is 12.1 Å². The lowest BCUT2D eigenvalue weighted by Crippen LogP contribution is -2.14. The van der Waals surface area contributed by atoms with Crippen molar-refractivity contribution < 1.29 is 24.2 Å². The second-order valence-electron chi connectivity index (χ2n) is 7.76. The first-order chi connectivity index (χ1) is 14.7. The van der Waals surface area contributed by atoms with Crippen LogP contribution in [0.1, 0.15) is 68.4 Å². The Kier molecular flexibility index (Phi) is 8.30. The summed E-state index contributed by atoms with van der Waals surface area (Å²) in [6.45, 7) is 0.652. The molecule has 0 aromatic heterocycles. The Hall–Kier alpha value is -2.82. The molecule has 0 fully saturated rings. The number of benzene rings is 2. The predicted octanol–water partition coefficient (Wildman–Crippen LogP) is 6.16. The third-order valence-electron chi connectivity index (χ3n) is 5.59. The maximum absolute atomic E-state index is 12.0. The molecule has 0 spiro atoms. The van der Waals surface area contributed by atoms with Crippen molar-refractivity contribution in [3.05, 3.63) is 59.7 Å². The van der Waals surface area contributed by atoms with Crippen molar-refractivity contribution in [3.63, 3.8) is 0 Å². The van der Waals surface area contributed by atoms with Gasteiger partial charge in [0.05, 0.1) is 6.61 Å². The van der Waals surface area contributed by atoms with Crippen molar-refractivity contribution in [1.82, 2.24) is 0 Å². The smallest absolute Gasteiger partial charge is 0.481 e. The van der Waals surface area contributed by atoms with Crippen LogP contribution in [0.25, 0.3) is 11.1 Å². The Morgan fingerprint density at radius 2 is 1.27 bits per heavy atom. The van der Waals surface area contributed by atoms with E-state index in [0.29, 0.717) is 6.61 Å². The third-order valence-corrected chi connectivity index (χ3v) is 5.59. The minimum Gasteiger partial charge on any atom is -0.481 e. The molecule has 30 heavy (non-hydrogen) atoms. The third kappa shape index (κ3) is 6.09. The molecule has 160 valence electrons. The van der Waals surface area contributed by atoms with E-state index in [9.17, 15) is 9.59 Å². The zero-order chi connectivity index (χ0) is 21.2. The fraction of sp³-hybridized carbons (Fsp3) is 0.440. The minimum atomic E-state index is -0.722. The van der Waals surface area contributed by atoms with Crippen molar-refractivity contribution in [2.75, 3.05) is 13.2 Å². The Morgan fingerprint density at radius 3 is 1.87 bits per heavy atom. The first-order valence-corrected chi connectivity index (χ1v) is 10.9. The maximum Gasteiger partial charge on any atom is 0.508 e. The Morgan fingerprint density at radius 1 is 0.733 bits per heavy atom. The van der Waals surface area contributed by atoms with Gasteiger partial charge in [0.15, 0.2) is 0 Å². The molecule has 0 aliphatic heterocycles. The van der Waals surface area contributed by atoms with E-state index >= 15 is 0 Å². The van der Waals surface area contributed by atoms with Crippen molar-refractivity contribution in [1.29, 1.82) is 0 Å². The molecule has 1 aliphatic carbocycles. The molecule has 0 bridgehead atoms. The zero-order valence-electron chi connectivity index (χ0n) is 17.3. The van der Waals surface area contributed by atoms with Crippen LogP contribution in [-0.4, -0.2) is 30.4 Å². The summed E-state index contributed by atoms with van der Waals surface area (Å²) in [5, 5.41) is 8.59. The number of carbonyl (C=O) groups excluding carboxylic acids is 1. The maximum atomic E-state index is 12.0. The van der Waals surface area contributed by atoms with Gasteiger partial charge in [-0.2, -0.15) is 0 Å². The quantitative estimate of drug-likeness (QED) is 0.335. The lowest BCUT2D eigenvalue weighted by atomic mass is 9.98. The van der Waals surface area contributed by atoms with Crippen LogP contribution in [0.4, 0.5) is 4.79 Å². The summed E-state index contributed by atoms with van der Waals surface area (Å²) in [5.74, 6) is -0.675. The highest BCUT2D eigenvalue weighted by atomic mass is 16.7. The summed E-state index contributed by atoms with van der Waals surface area (Å²) in [7, 11) is 0. The van der Waals surface area contributed by atoms with Gasteiger partial charge in [0.1, 0.15) is 6.61 Å². The number of carboxylic acid groups (broad SMARTS) is 1. The van der Waals surface area contributed by atoms with Crippen LogP contribution >= 0.6 is 0 Å². The minimum absolute atomic E-state index is 0.0473. The summed E-state index contributed by atoms with van der Waals surface area (Å²) >= 11 is 0. The van der Waals surface area contributed by atoms with Gasteiger partial charge < -0.3 is 14.6 Å². The average molecular weight is 411 g/mol. The lowest BCUT2D eigenvalue weighted by molar-refractivity contribution is -0.137. The molecule has 3 rings (SSSR count). The van der Waals surface area contributed by atoms with Gasteiger partial charge >= 0.3 is 12.1 Å². The van der Waals surface area contributed by atoms with Gasteiger partial charge in [-0.1, -0.05) is 80.6 Å². The summed E-state index contributed by atoms with van der Waals surface area (Å²) < 4.78 is 10.6. The lowest BCUT2D eigenvalue weighted by Gasteiger charge is -2.14. The standard InChI is InChI=1S/C25H30O5/c26-24(27)16-6-4-2-1-3-5-11-17-29-25(28)30-18-23-21-14-9-7-12-19(21)20-13-8-10-15-22(20)23/h7-10,12-15,23H,1-6,11,16-18H2,(H,26,27). The van der Waals surface area contributed by atoms with Crippen LogP contribution in [0.2, 0.25) is 0 Å². The molecule has 0 heterocycles. The fourth-order valence-electron chi connectivity index (χ4n) is 4.05. The molecule has 0 saturated heterocycles. The van der Waals surface area contributed by atoms with Crippen LogP contribution in [0.3, 0.4) is 0 Å². The highest BCUT2D eigenvalue weighted by Gasteiger charge is 2.29.